The third-order valence-electron chi connectivity index (χ3n) is 4.51. The summed E-state index contributed by atoms with van der Waals surface area (Å²) in [5.74, 6) is 0.719. The lowest BCUT2D eigenvalue weighted by Gasteiger charge is -2.23. The number of hydrogen-bond donors (Lipinski definition) is 2. The van der Waals surface area contributed by atoms with Crippen molar-refractivity contribution >= 4 is 29.3 Å². The molecule has 0 aliphatic carbocycles. The van der Waals surface area contributed by atoms with Crippen LogP contribution in [0.2, 0.25) is 0 Å². The highest BCUT2D eigenvalue weighted by atomic mass is 32.2. The van der Waals surface area contributed by atoms with Gasteiger partial charge in [0.1, 0.15) is 0 Å². The summed E-state index contributed by atoms with van der Waals surface area (Å²) >= 11 is 1.65. The summed E-state index contributed by atoms with van der Waals surface area (Å²) < 4.78 is 0. The molecule has 2 N–H and O–H groups in total. The standard InChI is InChI=1S/C17H23N3O2S/c1-2-20-8-3-4-13(20)11-18-17(22)12-5-6-15-14(10-12)19-16(21)7-9-23-15/h5-6,10,13H,2-4,7-9,11H2,1H3,(H,18,22)(H,19,21)/t13-/m0/s1. The van der Waals surface area contributed by atoms with Gasteiger partial charge in [-0.25, -0.2) is 0 Å². The molecule has 2 aliphatic heterocycles. The molecule has 2 aliphatic rings. The van der Waals surface area contributed by atoms with Gasteiger partial charge < -0.3 is 10.6 Å². The summed E-state index contributed by atoms with van der Waals surface area (Å²) in [5.41, 5.74) is 1.36. The van der Waals surface area contributed by atoms with Crippen LogP contribution in [0.5, 0.6) is 0 Å². The molecular weight excluding hydrogens is 310 g/mol. The van der Waals surface area contributed by atoms with E-state index in [4.69, 9.17) is 0 Å². The Morgan fingerprint density at radius 2 is 2.35 bits per heavy atom. The van der Waals surface area contributed by atoms with Gasteiger partial charge in [0.2, 0.25) is 5.91 Å². The molecule has 0 aromatic heterocycles. The average molecular weight is 333 g/mol. The summed E-state index contributed by atoms with van der Waals surface area (Å²) in [6.45, 7) is 5.00. The van der Waals surface area contributed by atoms with E-state index in [0.29, 0.717) is 24.6 Å². The molecule has 0 spiro atoms. The van der Waals surface area contributed by atoms with Crippen molar-refractivity contribution in [2.24, 2.45) is 0 Å². The molecule has 5 nitrogen and oxygen atoms in total. The van der Waals surface area contributed by atoms with Crippen LogP contribution in [0, 0.1) is 0 Å². The van der Waals surface area contributed by atoms with Crippen molar-refractivity contribution in [3.63, 3.8) is 0 Å². The van der Waals surface area contributed by atoms with Crippen LogP contribution in [0.25, 0.3) is 0 Å². The van der Waals surface area contributed by atoms with Gasteiger partial charge in [-0.1, -0.05) is 6.92 Å². The van der Waals surface area contributed by atoms with Gasteiger partial charge in [0.25, 0.3) is 5.91 Å². The van der Waals surface area contributed by atoms with Crippen LogP contribution < -0.4 is 10.6 Å². The topological polar surface area (TPSA) is 61.4 Å². The zero-order valence-electron chi connectivity index (χ0n) is 13.4. The molecule has 1 aromatic rings. The SMILES string of the molecule is CCN1CCC[C@H]1CNC(=O)c1ccc2c(c1)NC(=O)CCS2. The molecule has 0 saturated carbocycles. The van der Waals surface area contributed by atoms with E-state index in [1.165, 1.54) is 6.42 Å². The van der Waals surface area contributed by atoms with Crippen molar-refractivity contribution in [3.05, 3.63) is 23.8 Å². The van der Waals surface area contributed by atoms with Crippen molar-refractivity contribution < 1.29 is 9.59 Å². The third-order valence-corrected chi connectivity index (χ3v) is 5.58. The number of anilines is 1. The van der Waals surface area contributed by atoms with Gasteiger partial charge in [0.05, 0.1) is 5.69 Å². The largest absolute Gasteiger partial charge is 0.350 e. The lowest BCUT2D eigenvalue weighted by Crippen LogP contribution is -2.40. The number of carbonyl (C=O) groups excluding carboxylic acids is 2. The number of carbonyl (C=O) groups is 2. The molecule has 6 heteroatoms. The van der Waals surface area contributed by atoms with Gasteiger partial charge in [0.15, 0.2) is 0 Å². The highest BCUT2D eigenvalue weighted by molar-refractivity contribution is 7.99. The van der Waals surface area contributed by atoms with Crippen molar-refractivity contribution in [1.29, 1.82) is 0 Å². The molecule has 1 atom stereocenters. The van der Waals surface area contributed by atoms with Gasteiger partial charge in [-0.2, -0.15) is 0 Å². The first-order valence-corrected chi connectivity index (χ1v) is 9.25. The minimum absolute atomic E-state index is 0.0124. The molecule has 1 aromatic carbocycles. The van der Waals surface area contributed by atoms with Crippen LogP contribution in [0.4, 0.5) is 5.69 Å². The summed E-state index contributed by atoms with van der Waals surface area (Å²) in [6, 6.07) is 5.99. The van der Waals surface area contributed by atoms with E-state index >= 15 is 0 Å². The Hall–Kier alpha value is -1.53. The number of nitrogens with zero attached hydrogens (tertiary/aromatic N) is 1. The Kier molecular flexibility index (Phi) is 5.23. The number of benzene rings is 1. The molecule has 1 fully saturated rings. The predicted octanol–water partition coefficient (Wildman–Crippen LogP) is 2.33. The number of nitrogens with one attached hydrogen (secondary N) is 2. The number of hydrogen-bond acceptors (Lipinski definition) is 4. The van der Waals surface area contributed by atoms with Crippen LogP contribution >= 0.6 is 11.8 Å². The number of rotatable bonds is 4. The Bertz CT molecular complexity index is 606. The van der Waals surface area contributed by atoms with Crippen LogP contribution in [0.15, 0.2) is 23.1 Å². The quantitative estimate of drug-likeness (QED) is 0.888. The summed E-state index contributed by atoms with van der Waals surface area (Å²) in [4.78, 5) is 27.5. The Morgan fingerprint density at radius 3 is 3.17 bits per heavy atom. The number of thioether (sulfide) groups is 1. The maximum absolute atomic E-state index is 12.4. The maximum atomic E-state index is 12.4. The highest BCUT2D eigenvalue weighted by Gasteiger charge is 2.23. The summed E-state index contributed by atoms with van der Waals surface area (Å²) in [6.07, 6.45) is 2.86. The third kappa shape index (κ3) is 3.87. The monoisotopic (exact) mass is 333 g/mol. The van der Waals surface area contributed by atoms with E-state index < -0.39 is 0 Å². The molecular formula is C17H23N3O2S. The maximum Gasteiger partial charge on any atom is 0.251 e. The molecule has 124 valence electrons. The number of fused-ring (bicyclic) bond motifs is 1. The zero-order valence-corrected chi connectivity index (χ0v) is 14.2. The van der Waals surface area contributed by atoms with Crippen molar-refractivity contribution in [3.8, 4) is 0 Å². The van der Waals surface area contributed by atoms with Crippen LogP contribution in [-0.2, 0) is 4.79 Å². The summed E-state index contributed by atoms with van der Waals surface area (Å²) in [5, 5.41) is 5.92. The molecule has 2 heterocycles. The first-order valence-electron chi connectivity index (χ1n) is 8.26. The van der Waals surface area contributed by atoms with Gasteiger partial charge >= 0.3 is 0 Å². The molecule has 0 unspecified atom stereocenters. The minimum Gasteiger partial charge on any atom is -0.350 e. The average Bonchev–Trinajstić information content (AvgIpc) is 2.92. The first-order chi connectivity index (χ1) is 11.2. The first kappa shape index (κ1) is 16.3. The molecule has 0 radical (unpaired) electrons. The van der Waals surface area contributed by atoms with E-state index in [0.717, 1.165) is 35.8 Å². The Labute approximate surface area is 141 Å². The fourth-order valence-corrected chi connectivity index (χ4v) is 4.15. The van der Waals surface area contributed by atoms with Crippen LogP contribution in [0.1, 0.15) is 36.5 Å². The van der Waals surface area contributed by atoms with E-state index in [9.17, 15) is 9.59 Å². The normalized spacial score (nSPS) is 21.4. The van der Waals surface area contributed by atoms with Gasteiger partial charge in [0, 0.05) is 35.2 Å². The highest BCUT2D eigenvalue weighted by Crippen LogP contribution is 2.31. The second kappa shape index (κ2) is 7.36. The number of amides is 2. The minimum atomic E-state index is -0.0701. The molecule has 23 heavy (non-hydrogen) atoms. The number of likely N-dealkylation sites (tertiary alicyclic amines) is 1. The van der Waals surface area contributed by atoms with Gasteiger partial charge in [-0.3, -0.25) is 14.5 Å². The number of likely N-dealkylation sites (N-methyl/N-ethyl adjacent to an activating group) is 1. The van der Waals surface area contributed by atoms with E-state index in [-0.39, 0.29) is 11.8 Å². The predicted molar refractivity (Wildman–Crippen MR) is 93.0 cm³/mol. The zero-order chi connectivity index (χ0) is 16.2. The van der Waals surface area contributed by atoms with E-state index in [1.54, 1.807) is 17.8 Å². The molecule has 2 amide bonds. The summed E-state index contributed by atoms with van der Waals surface area (Å²) in [7, 11) is 0. The lowest BCUT2D eigenvalue weighted by atomic mass is 10.1. The van der Waals surface area contributed by atoms with Gasteiger partial charge in [-0.15, -0.1) is 11.8 Å². The Balaban J connectivity index is 1.64. The van der Waals surface area contributed by atoms with Crippen LogP contribution in [0.3, 0.4) is 0 Å². The molecule has 1 saturated heterocycles. The Morgan fingerprint density at radius 1 is 1.48 bits per heavy atom. The molecule has 3 rings (SSSR count). The van der Waals surface area contributed by atoms with Gasteiger partial charge in [-0.05, 0) is 44.1 Å². The van der Waals surface area contributed by atoms with Crippen LogP contribution in [-0.4, -0.2) is 48.1 Å². The van der Waals surface area contributed by atoms with E-state index in [2.05, 4.69) is 22.5 Å². The lowest BCUT2D eigenvalue weighted by molar-refractivity contribution is -0.115. The smallest absolute Gasteiger partial charge is 0.251 e. The fraction of sp³-hybridized carbons (Fsp3) is 0.529. The second-order valence-electron chi connectivity index (χ2n) is 5.99. The second-order valence-corrected chi connectivity index (χ2v) is 7.13. The van der Waals surface area contributed by atoms with Crippen molar-refractivity contribution in [2.75, 3.05) is 30.7 Å². The molecule has 0 bridgehead atoms. The van der Waals surface area contributed by atoms with Crippen molar-refractivity contribution in [2.45, 2.75) is 37.1 Å². The van der Waals surface area contributed by atoms with E-state index in [1.807, 2.05) is 12.1 Å². The van der Waals surface area contributed by atoms with Crippen molar-refractivity contribution in [1.82, 2.24) is 10.2 Å². The fourth-order valence-electron chi connectivity index (χ4n) is 3.22.